The lowest BCUT2D eigenvalue weighted by Gasteiger charge is -2.12. The maximum absolute atomic E-state index is 13.5. The van der Waals surface area contributed by atoms with E-state index in [9.17, 15) is 9.18 Å². The van der Waals surface area contributed by atoms with E-state index < -0.39 is 5.82 Å². The Kier molecular flexibility index (Phi) is 3.56. The Labute approximate surface area is 115 Å². The van der Waals surface area contributed by atoms with Gasteiger partial charge in [-0.15, -0.1) is 0 Å². The first-order valence-corrected chi connectivity index (χ1v) is 6.66. The van der Waals surface area contributed by atoms with Crippen LogP contribution in [-0.4, -0.2) is 35.0 Å². The topological polar surface area (TPSA) is 66.9 Å². The second kappa shape index (κ2) is 5.50. The lowest BCUT2D eigenvalue weighted by atomic mass is 10.1. The molecule has 0 aliphatic carbocycles. The third-order valence-corrected chi connectivity index (χ3v) is 3.45. The largest absolute Gasteiger partial charge is 0.350 e. The Morgan fingerprint density at radius 3 is 3.05 bits per heavy atom. The zero-order valence-electron chi connectivity index (χ0n) is 10.9. The molecule has 1 aromatic carbocycles. The van der Waals surface area contributed by atoms with Crippen molar-refractivity contribution in [3.05, 3.63) is 35.9 Å². The van der Waals surface area contributed by atoms with Gasteiger partial charge >= 0.3 is 0 Å². The standard InChI is InChI=1S/C14H15FN4O/c15-9-6-11(13-12(7-9)17-4-5-18-13)14(20)19-8-10-2-1-3-16-10/h4-7,10,16H,1-3,8H2,(H,19,20). The summed E-state index contributed by atoms with van der Waals surface area (Å²) in [4.78, 5) is 20.3. The van der Waals surface area contributed by atoms with Crippen molar-refractivity contribution in [1.82, 2.24) is 20.6 Å². The second-order valence-corrected chi connectivity index (χ2v) is 4.88. The zero-order valence-corrected chi connectivity index (χ0v) is 10.9. The van der Waals surface area contributed by atoms with Crippen LogP contribution in [0.1, 0.15) is 23.2 Å². The number of rotatable bonds is 3. The highest BCUT2D eigenvalue weighted by atomic mass is 19.1. The first-order chi connectivity index (χ1) is 9.74. The maximum atomic E-state index is 13.5. The van der Waals surface area contributed by atoms with Crippen LogP contribution >= 0.6 is 0 Å². The Morgan fingerprint density at radius 2 is 2.25 bits per heavy atom. The quantitative estimate of drug-likeness (QED) is 0.884. The Hall–Kier alpha value is -2.08. The fraction of sp³-hybridized carbons (Fsp3) is 0.357. The van der Waals surface area contributed by atoms with Crippen molar-refractivity contribution in [2.75, 3.05) is 13.1 Å². The number of carbonyl (C=O) groups excluding carboxylic acids is 1. The number of halogens is 1. The second-order valence-electron chi connectivity index (χ2n) is 4.88. The summed E-state index contributed by atoms with van der Waals surface area (Å²) in [5.74, 6) is -0.800. The molecule has 6 heteroatoms. The van der Waals surface area contributed by atoms with Crippen LogP contribution in [0.2, 0.25) is 0 Å². The van der Waals surface area contributed by atoms with Gasteiger partial charge < -0.3 is 10.6 Å². The van der Waals surface area contributed by atoms with Crippen molar-refractivity contribution >= 4 is 16.9 Å². The first-order valence-electron chi connectivity index (χ1n) is 6.66. The van der Waals surface area contributed by atoms with Gasteiger partial charge in [0.05, 0.1) is 11.1 Å². The van der Waals surface area contributed by atoms with Gasteiger partial charge in [0.25, 0.3) is 5.91 Å². The monoisotopic (exact) mass is 274 g/mol. The molecule has 2 N–H and O–H groups in total. The minimum absolute atomic E-state index is 0.228. The molecule has 3 rings (SSSR count). The van der Waals surface area contributed by atoms with Gasteiger partial charge in [0.1, 0.15) is 11.3 Å². The Morgan fingerprint density at radius 1 is 1.40 bits per heavy atom. The van der Waals surface area contributed by atoms with Crippen LogP contribution in [0, 0.1) is 5.82 Å². The van der Waals surface area contributed by atoms with Crippen molar-refractivity contribution in [3.63, 3.8) is 0 Å². The van der Waals surface area contributed by atoms with Crippen molar-refractivity contribution in [3.8, 4) is 0 Å². The normalized spacial score (nSPS) is 18.4. The van der Waals surface area contributed by atoms with Crippen molar-refractivity contribution < 1.29 is 9.18 Å². The summed E-state index contributed by atoms with van der Waals surface area (Å²) in [6, 6.07) is 2.77. The maximum Gasteiger partial charge on any atom is 0.253 e. The molecule has 2 heterocycles. The molecule has 1 aliphatic heterocycles. The number of aromatic nitrogens is 2. The molecule has 1 amide bonds. The van der Waals surface area contributed by atoms with Crippen LogP contribution in [0.25, 0.3) is 11.0 Å². The molecular weight excluding hydrogens is 259 g/mol. The average Bonchev–Trinajstić information content (AvgIpc) is 2.97. The fourth-order valence-electron chi connectivity index (χ4n) is 2.46. The van der Waals surface area contributed by atoms with Gasteiger partial charge in [0.2, 0.25) is 0 Å². The van der Waals surface area contributed by atoms with Gasteiger partial charge in [-0.1, -0.05) is 0 Å². The molecule has 1 atom stereocenters. The van der Waals surface area contributed by atoms with Gasteiger partial charge in [0, 0.05) is 31.0 Å². The third-order valence-electron chi connectivity index (χ3n) is 3.45. The molecule has 0 radical (unpaired) electrons. The van der Waals surface area contributed by atoms with Gasteiger partial charge in [0.15, 0.2) is 0 Å². The van der Waals surface area contributed by atoms with E-state index in [1.54, 1.807) is 0 Å². The molecule has 0 bridgehead atoms. The van der Waals surface area contributed by atoms with E-state index >= 15 is 0 Å². The van der Waals surface area contributed by atoms with Crippen molar-refractivity contribution in [2.45, 2.75) is 18.9 Å². The molecule has 104 valence electrons. The number of amides is 1. The lowest BCUT2D eigenvalue weighted by molar-refractivity contribution is 0.0951. The van der Waals surface area contributed by atoms with Crippen LogP contribution < -0.4 is 10.6 Å². The van der Waals surface area contributed by atoms with E-state index in [-0.39, 0.29) is 11.5 Å². The molecule has 5 nitrogen and oxygen atoms in total. The molecule has 1 saturated heterocycles. The van der Waals surface area contributed by atoms with E-state index in [4.69, 9.17) is 0 Å². The van der Waals surface area contributed by atoms with Gasteiger partial charge in [-0.25, -0.2) is 4.39 Å². The molecule has 1 fully saturated rings. The van der Waals surface area contributed by atoms with E-state index in [0.717, 1.165) is 19.4 Å². The Bertz CT molecular complexity index is 640. The molecule has 1 unspecified atom stereocenters. The van der Waals surface area contributed by atoms with Crippen LogP contribution in [0.3, 0.4) is 0 Å². The molecular formula is C14H15FN4O. The highest BCUT2D eigenvalue weighted by Crippen LogP contribution is 2.16. The van der Waals surface area contributed by atoms with Gasteiger partial charge in [-0.05, 0) is 25.5 Å². The predicted octanol–water partition coefficient (Wildman–Crippen LogP) is 1.25. The van der Waals surface area contributed by atoms with E-state index in [1.165, 1.54) is 24.5 Å². The number of nitrogens with zero attached hydrogens (tertiary/aromatic N) is 2. The summed E-state index contributed by atoms with van der Waals surface area (Å²) in [5.41, 5.74) is 1.04. The Balaban J connectivity index is 1.83. The van der Waals surface area contributed by atoms with Crippen LogP contribution in [0.5, 0.6) is 0 Å². The molecule has 20 heavy (non-hydrogen) atoms. The molecule has 2 aromatic rings. The number of nitrogens with one attached hydrogen (secondary N) is 2. The summed E-state index contributed by atoms with van der Waals surface area (Å²) in [5, 5.41) is 6.12. The summed E-state index contributed by atoms with van der Waals surface area (Å²) < 4.78 is 13.5. The minimum Gasteiger partial charge on any atom is -0.350 e. The highest BCUT2D eigenvalue weighted by molar-refractivity contribution is 6.04. The molecule has 1 aromatic heterocycles. The van der Waals surface area contributed by atoms with E-state index in [0.29, 0.717) is 23.6 Å². The van der Waals surface area contributed by atoms with Crippen molar-refractivity contribution in [2.24, 2.45) is 0 Å². The van der Waals surface area contributed by atoms with Crippen LogP contribution in [0.15, 0.2) is 24.5 Å². The highest BCUT2D eigenvalue weighted by Gasteiger charge is 2.17. The molecule has 0 saturated carbocycles. The number of hydrogen-bond donors (Lipinski definition) is 2. The number of hydrogen-bond acceptors (Lipinski definition) is 4. The third kappa shape index (κ3) is 2.60. The lowest BCUT2D eigenvalue weighted by Crippen LogP contribution is -2.37. The predicted molar refractivity (Wildman–Crippen MR) is 72.9 cm³/mol. The van der Waals surface area contributed by atoms with Crippen LogP contribution in [0.4, 0.5) is 4.39 Å². The SMILES string of the molecule is O=C(NCC1CCCN1)c1cc(F)cc2nccnc12. The van der Waals surface area contributed by atoms with E-state index in [1.807, 2.05) is 0 Å². The zero-order chi connectivity index (χ0) is 13.9. The smallest absolute Gasteiger partial charge is 0.253 e. The summed E-state index contributed by atoms with van der Waals surface area (Å²) in [7, 11) is 0. The number of carbonyl (C=O) groups is 1. The first kappa shape index (κ1) is 12.9. The number of fused-ring (bicyclic) bond motifs is 1. The molecule has 0 spiro atoms. The average molecular weight is 274 g/mol. The van der Waals surface area contributed by atoms with E-state index in [2.05, 4.69) is 20.6 Å². The summed E-state index contributed by atoms with van der Waals surface area (Å²) in [6.45, 7) is 1.52. The number of benzene rings is 1. The van der Waals surface area contributed by atoms with Crippen molar-refractivity contribution in [1.29, 1.82) is 0 Å². The summed E-state index contributed by atoms with van der Waals surface area (Å²) in [6.07, 6.45) is 5.14. The molecule has 1 aliphatic rings. The summed E-state index contributed by atoms with van der Waals surface area (Å²) >= 11 is 0. The van der Waals surface area contributed by atoms with Gasteiger partial charge in [-0.3, -0.25) is 14.8 Å². The van der Waals surface area contributed by atoms with Gasteiger partial charge in [-0.2, -0.15) is 0 Å². The minimum atomic E-state index is -0.484. The fourth-order valence-corrected chi connectivity index (χ4v) is 2.46. The van der Waals surface area contributed by atoms with Crippen LogP contribution in [-0.2, 0) is 0 Å².